The molecular weight excluding hydrogens is 296 g/mol. The van der Waals surface area contributed by atoms with E-state index in [0.717, 1.165) is 0 Å². The first kappa shape index (κ1) is 15.9. The number of rotatable bonds is 5. The molecule has 0 radical (unpaired) electrons. The van der Waals surface area contributed by atoms with Crippen LogP contribution in [0.25, 0.3) is 0 Å². The molecule has 0 aliphatic heterocycles. The molecule has 21 heavy (non-hydrogen) atoms. The van der Waals surface area contributed by atoms with Crippen molar-refractivity contribution in [2.45, 2.75) is 43.6 Å². The fraction of sp³-hybridized carbons (Fsp3) is 0.538. The van der Waals surface area contributed by atoms with Gasteiger partial charge in [0.15, 0.2) is 0 Å². The third-order valence-corrected chi connectivity index (χ3v) is 4.95. The van der Waals surface area contributed by atoms with E-state index >= 15 is 0 Å². The Morgan fingerprint density at radius 1 is 1.19 bits per heavy atom. The van der Waals surface area contributed by atoms with Gasteiger partial charge in [0.2, 0.25) is 10.0 Å². The summed E-state index contributed by atoms with van der Waals surface area (Å²) in [4.78, 5) is 10.0. The van der Waals surface area contributed by atoms with Crippen LogP contribution in [0.15, 0.2) is 24.3 Å². The Morgan fingerprint density at radius 2 is 1.76 bits per heavy atom. The summed E-state index contributed by atoms with van der Waals surface area (Å²) < 4.78 is 26.8. The Hall–Kier alpha value is -1.51. The molecule has 0 bridgehead atoms. The second kappa shape index (κ2) is 6.50. The molecule has 2 rings (SSSR count). The van der Waals surface area contributed by atoms with Crippen LogP contribution in [0, 0.1) is 10.1 Å². The van der Waals surface area contributed by atoms with Gasteiger partial charge in [-0.2, -0.15) is 0 Å². The van der Waals surface area contributed by atoms with Crippen molar-refractivity contribution in [3.05, 3.63) is 39.9 Å². The zero-order valence-electron chi connectivity index (χ0n) is 11.4. The normalized spacial score (nSPS) is 22.9. The molecule has 0 amide bonds. The maximum Gasteiger partial charge on any atom is 0.269 e. The zero-order valence-corrected chi connectivity index (χ0v) is 12.3. The predicted octanol–water partition coefficient (Wildman–Crippen LogP) is 1.32. The number of hydrogen-bond acceptors (Lipinski definition) is 5. The van der Waals surface area contributed by atoms with Crippen molar-refractivity contribution in [2.75, 3.05) is 0 Å². The first-order valence-corrected chi connectivity index (χ1v) is 8.42. The fourth-order valence-electron chi connectivity index (χ4n) is 2.42. The van der Waals surface area contributed by atoms with Crippen LogP contribution in [0.2, 0.25) is 0 Å². The number of benzene rings is 1. The molecule has 0 heterocycles. The van der Waals surface area contributed by atoms with Gasteiger partial charge in [0.1, 0.15) is 0 Å². The summed E-state index contributed by atoms with van der Waals surface area (Å²) >= 11 is 0. The molecule has 0 aromatic heterocycles. The van der Waals surface area contributed by atoms with Crippen molar-refractivity contribution in [1.82, 2.24) is 4.72 Å². The van der Waals surface area contributed by atoms with Crippen molar-refractivity contribution in [2.24, 2.45) is 0 Å². The summed E-state index contributed by atoms with van der Waals surface area (Å²) in [6, 6.07) is 5.34. The Morgan fingerprint density at radius 3 is 2.29 bits per heavy atom. The lowest BCUT2D eigenvalue weighted by atomic mass is 9.94. The molecule has 8 heteroatoms. The highest BCUT2D eigenvalue weighted by atomic mass is 32.2. The highest BCUT2D eigenvalue weighted by Crippen LogP contribution is 2.20. The van der Waals surface area contributed by atoms with Gasteiger partial charge in [-0.25, -0.2) is 13.1 Å². The van der Waals surface area contributed by atoms with Crippen LogP contribution in [-0.2, 0) is 15.8 Å². The quantitative estimate of drug-likeness (QED) is 0.629. The van der Waals surface area contributed by atoms with Gasteiger partial charge in [-0.1, -0.05) is 12.1 Å². The van der Waals surface area contributed by atoms with Crippen molar-refractivity contribution in [3.63, 3.8) is 0 Å². The Kier molecular flexibility index (Phi) is 4.92. The molecule has 1 fully saturated rings. The summed E-state index contributed by atoms with van der Waals surface area (Å²) in [5, 5.41) is 19.9. The second-order valence-electron chi connectivity index (χ2n) is 5.31. The monoisotopic (exact) mass is 314 g/mol. The summed E-state index contributed by atoms with van der Waals surface area (Å²) in [6.07, 6.45) is 2.12. The number of nitrogens with one attached hydrogen (secondary N) is 1. The number of aliphatic hydroxyl groups excluding tert-OH is 1. The van der Waals surface area contributed by atoms with E-state index in [1.807, 2.05) is 0 Å². The van der Waals surface area contributed by atoms with Gasteiger partial charge < -0.3 is 5.11 Å². The summed E-state index contributed by atoms with van der Waals surface area (Å²) in [6.45, 7) is 0. The van der Waals surface area contributed by atoms with Gasteiger partial charge in [-0.15, -0.1) is 0 Å². The minimum Gasteiger partial charge on any atom is -0.393 e. The molecule has 1 aromatic rings. The lowest BCUT2D eigenvalue weighted by Crippen LogP contribution is -2.39. The number of nitro benzene ring substituents is 1. The van der Waals surface area contributed by atoms with Crippen LogP contribution in [0.4, 0.5) is 5.69 Å². The smallest absolute Gasteiger partial charge is 0.269 e. The minimum absolute atomic E-state index is 0.0645. The van der Waals surface area contributed by atoms with Gasteiger partial charge in [0.25, 0.3) is 5.69 Å². The number of aliphatic hydroxyl groups is 1. The highest BCUT2D eigenvalue weighted by Gasteiger charge is 2.23. The van der Waals surface area contributed by atoms with Crippen molar-refractivity contribution in [1.29, 1.82) is 0 Å². The van der Waals surface area contributed by atoms with E-state index in [1.165, 1.54) is 24.3 Å². The van der Waals surface area contributed by atoms with Crippen LogP contribution < -0.4 is 4.72 Å². The SMILES string of the molecule is O=[N+]([O-])c1ccc(CS(=O)(=O)NC2CCC(O)CC2)cc1. The van der Waals surface area contributed by atoms with Gasteiger partial charge in [-0.3, -0.25) is 10.1 Å². The van der Waals surface area contributed by atoms with Crippen LogP contribution in [0.3, 0.4) is 0 Å². The molecule has 1 aromatic carbocycles. The minimum atomic E-state index is -3.49. The number of hydrogen-bond donors (Lipinski definition) is 2. The average molecular weight is 314 g/mol. The van der Waals surface area contributed by atoms with Crippen LogP contribution in [0.5, 0.6) is 0 Å². The first-order valence-electron chi connectivity index (χ1n) is 6.77. The standard InChI is InChI=1S/C13H18N2O5S/c16-13-7-3-11(4-8-13)14-21(19,20)9-10-1-5-12(6-2-10)15(17)18/h1-2,5-6,11,13-14,16H,3-4,7-9H2. The van der Waals surface area contributed by atoms with Gasteiger partial charge >= 0.3 is 0 Å². The first-order chi connectivity index (χ1) is 9.85. The molecule has 1 aliphatic rings. The summed E-state index contributed by atoms with van der Waals surface area (Å²) in [5.74, 6) is -0.204. The van der Waals surface area contributed by atoms with Crippen molar-refractivity contribution < 1.29 is 18.4 Å². The lowest BCUT2D eigenvalue weighted by molar-refractivity contribution is -0.384. The maximum absolute atomic E-state index is 12.1. The molecule has 0 atom stereocenters. The van der Waals surface area contributed by atoms with Crippen molar-refractivity contribution in [3.8, 4) is 0 Å². The van der Waals surface area contributed by atoms with E-state index in [2.05, 4.69) is 4.72 Å². The van der Waals surface area contributed by atoms with E-state index in [9.17, 15) is 23.6 Å². The number of non-ortho nitro benzene ring substituents is 1. The summed E-state index contributed by atoms with van der Waals surface area (Å²) in [5.41, 5.74) is 0.439. The lowest BCUT2D eigenvalue weighted by Gasteiger charge is -2.25. The van der Waals surface area contributed by atoms with E-state index in [1.54, 1.807) is 0 Å². The zero-order chi connectivity index (χ0) is 15.5. The Balaban J connectivity index is 1.95. The van der Waals surface area contributed by atoms with Crippen molar-refractivity contribution >= 4 is 15.7 Å². The molecule has 0 saturated heterocycles. The number of sulfonamides is 1. The Bertz CT molecular complexity index is 591. The summed E-state index contributed by atoms with van der Waals surface area (Å²) in [7, 11) is -3.49. The molecule has 1 aliphatic carbocycles. The number of nitro groups is 1. The molecule has 2 N–H and O–H groups in total. The second-order valence-corrected chi connectivity index (χ2v) is 7.06. The molecule has 0 unspecified atom stereocenters. The van der Waals surface area contributed by atoms with Gasteiger partial charge in [-0.05, 0) is 31.2 Å². The maximum atomic E-state index is 12.1. The molecule has 1 saturated carbocycles. The van der Waals surface area contributed by atoms with E-state index in [0.29, 0.717) is 31.2 Å². The van der Waals surface area contributed by atoms with Gasteiger partial charge in [0, 0.05) is 18.2 Å². The fourth-order valence-corrected chi connectivity index (χ4v) is 3.88. The van der Waals surface area contributed by atoms with Gasteiger partial charge in [0.05, 0.1) is 16.8 Å². The van der Waals surface area contributed by atoms with E-state index in [4.69, 9.17) is 0 Å². The van der Waals surface area contributed by atoms with E-state index < -0.39 is 14.9 Å². The third-order valence-electron chi connectivity index (χ3n) is 3.55. The molecule has 0 spiro atoms. The number of nitrogens with zero attached hydrogens (tertiary/aromatic N) is 1. The van der Waals surface area contributed by atoms with Crippen LogP contribution in [0.1, 0.15) is 31.2 Å². The van der Waals surface area contributed by atoms with Crippen LogP contribution >= 0.6 is 0 Å². The third kappa shape index (κ3) is 4.76. The average Bonchev–Trinajstić information content (AvgIpc) is 2.41. The van der Waals surface area contributed by atoms with Crippen LogP contribution in [-0.4, -0.2) is 30.6 Å². The molecule has 7 nitrogen and oxygen atoms in total. The predicted molar refractivity (Wildman–Crippen MR) is 77.1 cm³/mol. The topological polar surface area (TPSA) is 110 Å². The largest absolute Gasteiger partial charge is 0.393 e. The molecular formula is C13H18N2O5S. The molecule has 116 valence electrons. The highest BCUT2D eigenvalue weighted by molar-refractivity contribution is 7.88. The Labute approximate surface area is 123 Å². The van der Waals surface area contributed by atoms with E-state index in [-0.39, 0.29) is 23.6 Å².